The van der Waals surface area contributed by atoms with Gasteiger partial charge in [-0.25, -0.2) is 0 Å². The van der Waals surface area contributed by atoms with Crippen molar-refractivity contribution in [1.29, 1.82) is 0 Å². The molecule has 2 rings (SSSR count). The van der Waals surface area contributed by atoms with Crippen LogP contribution in [0.1, 0.15) is 19.3 Å². The summed E-state index contributed by atoms with van der Waals surface area (Å²) in [5.74, 6) is -0.0877. The quantitative estimate of drug-likeness (QED) is 0.797. The van der Waals surface area contributed by atoms with Gasteiger partial charge in [-0.15, -0.1) is 0 Å². The zero-order valence-electron chi connectivity index (χ0n) is 10.3. The van der Waals surface area contributed by atoms with Crippen LogP contribution < -0.4 is 5.32 Å². The van der Waals surface area contributed by atoms with Crippen LogP contribution in [0.4, 0.5) is 5.69 Å². The summed E-state index contributed by atoms with van der Waals surface area (Å²) in [5, 5.41) is 2.83. The topological polar surface area (TPSA) is 29.1 Å². The monoisotopic (exact) mass is 239 g/mol. The van der Waals surface area contributed by atoms with E-state index < -0.39 is 0 Å². The number of para-hydroxylation sites is 1. The average molecular weight is 239 g/mol. The predicted molar refractivity (Wildman–Crippen MR) is 75.3 cm³/mol. The third kappa shape index (κ3) is 4.06. The summed E-state index contributed by atoms with van der Waals surface area (Å²) < 4.78 is 0. The Hall–Kier alpha value is -2.09. The Labute approximate surface area is 108 Å². The lowest BCUT2D eigenvalue weighted by molar-refractivity contribution is -0.111. The Balaban J connectivity index is 1.91. The highest BCUT2D eigenvalue weighted by molar-refractivity contribution is 5.99. The maximum atomic E-state index is 11.7. The van der Waals surface area contributed by atoms with E-state index >= 15 is 0 Å². The number of hydrogen-bond donors (Lipinski definition) is 1. The van der Waals surface area contributed by atoms with E-state index in [1.165, 1.54) is 5.57 Å². The molecule has 0 spiro atoms. The molecule has 0 radical (unpaired) electrons. The van der Waals surface area contributed by atoms with Crippen LogP contribution in [-0.4, -0.2) is 5.91 Å². The molecule has 18 heavy (non-hydrogen) atoms. The lowest BCUT2D eigenvalue weighted by atomic mass is 10.1. The third-order valence-electron chi connectivity index (χ3n) is 2.77. The highest BCUT2D eigenvalue weighted by Gasteiger charge is 1.99. The summed E-state index contributed by atoms with van der Waals surface area (Å²) in [7, 11) is 0. The minimum absolute atomic E-state index is 0.0877. The largest absolute Gasteiger partial charge is 0.323 e. The van der Waals surface area contributed by atoms with Crippen molar-refractivity contribution in [2.45, 2.75) is 19.3 Å². The first-order valence-corrected chi connectivity index (χ1v) is 6.24. The van der Waals surface area contributed by atoms with Crippen molar-refractivity contribution >= 4 is 11.6 Å². The highest BCUT2D eigenvalue weighted by Crippen LogP contribution is 2.13. The first-order chi connectivity index (χ1) is 8.84. The van der Waals surface area contributed by atoms with Gasteiger partial charge in [0.15, 0.2) is 0 Å². The van der Waals surface area contributed by atoms with E-state index in [0.717, 1.165) is 24.9 Å². The summed E-state index contributed by atoms with van der Waals surface area (Å²) in [5.41, 5.74) is 2.02. The Morgan fingerprint density at radius 2 is 2.06 bits per heavy atom. The summed E-state index contributed by atoms with van der Waals surface area (Å²) in [6.07, 6.45) is 13.1. The van der Waals surface area contributed by atoms with Crippen LogP contribution in [-0.2, 0) is 4.79 Å². The molecule has 1 aromatic rings. The van der Waals surface area contributed by atoms with Gasteiger partial charge in [0, 0.05) is 11.8 Å². The maximum absolute atomic E-state index is 11.7. The van der Waals surface area contributed by atoms with Crippen molar-refractivity contribution in [2.24, 2.45) is 0 Å². The standard InChI is InChI=1S/C16H17NO/c18-16(17-15-10-6-3-7-11-15)13-12-14-8-4-1-2-5-9-14/h1,3-4,6-8,10-13H,2,5,9H2,(H,17,18)/b13-12+. The number of amides is 1. The molecule has 0 atom stereocenters. The summed E-state index contributed by atoms with van der Waals surface area (Å²) >= 11 is 0. The summed E-state index contributed by atoms with van der Waals surface area (Å²) in [4.78, 5) is 11.7. The fourth-order valence-corrected chi connectivity index (χ4v) is 1.82. The van der Waals surface area contributed by atoms with Gasteiger partial charge < -0.3 is 5.32 Å². The normalized spacial score (nSPS) is 15.2. The molecule has 0 unspecified atom stereocenters. The van der Waals surface area contributed by atoms with Crippen LogP contribution in [0.3, 0.4) is 0 Å². The molecule has 0 fully saturated rings. The molecule has 0 aliphatic heterocycles. The molecule has 0 heterocycles. The van der Waals surface area contributed by atoms with E-state index in [2.05, 4.69) is 23.5 Å². The number of allylic oxidation sites excluding steroid dienone is 5. The fourth-order valence-electron chi connectivity index (χ4n) is 1.82. The second-order valence-corrected chi connectivity index (χ2v) is 4.25. The predicted octanol–water partition coefficient (Wildman–Crippen LogP) is 3.85. The molecule has 1 amide bonds. The molecule has 2 heteroatoms. The van der Waals surface area contributed by atoms with E-state index in [1.807, 2.05) is 36.4 Å². The van der Waals surface area contributed by atoms with Crippen LogP contribution in [0.5, 0.6) is 0 Å². The SMILES string of the molecule is O=C(/C=C/C1=CC=CCCC1)Nc1ccccc1. The van der Waals surface area contributed by atoms with E-state index in [9.17, 15) is 4.79 Å². The van der Waals surface area contributed by atoms with E-state index in [0.29, 0.717) is 0 Å². The molecule has 0 aromatic heterocycles. The van der Waals surface area contributed by atoms with Crippen molar-refractivity contribution in [1.82, 2.24) is 0 Å². The Bertz CT molecular complexity index is 483. The van der Waals surface area contributed by atoms with Gasteiger partial charge in [-0.05, 0) is 37.0 Å². The molecule has 92 valence electrons. The van der Waals surface area contributed by atoms with Crippen LogP contribution in [0.25, 0.3) is 0 Å². The molecule has 2 nitrogen and oxygen atoms in total. The molecule has 1 aliphatic rings. The molecule has 0 saturated heterocycles. The van der Waals surface area contributed by atoms with Crippen LogP contribution in [0, 0.1) is 0 Å². The maximum Gasteiger partial charge on any atom is 0.248 e. The zero-order valence-corrected chi connectivity index (χ0v) is 10.3. The highest BCUT2D eigenvalue weighted by atomic mass is 16.1. The van der Waals surface area contributed by atoms with Crippen LogP contribution in [0.15, 0.2) is 66.3 Å². The molecular formula is C16H17NO. The number of carbonyl (C=O) groups excluding carboxylic acids is 1. The van der Waals surface area contributed by atoms with Gasteiger partial charge >= 0.3 is 0 Å². The van der Waals surface area contributed by atoms with Crippen LogP contribution in [0.2, 0.25) is 0 Å². The van der Waals surface area contributed by atoms with Crippen molar-refractivity contribution in [3.63, 3.8) is 0 Å². The number of carbonyl (C=O) groups is 1. The van der Waals surface area contributed by atoms with Crippen molar-refractivity contribution in [3.8, 4) is 0 Å². The minimum atomic E-state index is -0.0877. The Morgan fingerprint density at radius 3 is 2.89 bits per heavy atom. The van der Waals surface area contributed by atoms with Gasteiger partial charge in [0.2, 0.25) is 5.91 Å². The second-order valence-electron chi connectivity index (χ2n) is 4.25. The summed E-state index contributed by atoms with van der Waals surface area (Å²) in [6.45, 7) is 0. The molecular weight excluding hydrogens is 222 g/mol. The van der Waals surface area contributed by atoms with Crippen LogP contribution >= 0.6 is 0 Å². The summed E-state index contributed by atoms with van der Waals surface area (Å²) in [6, 6.07) is 9.48. The molecule has 1 aromatic carbocycles. The molecule has 1 aliphatic carbocycles. The minimum Gasteiger partial charge on any atom is -0.323 e. The third-order valence-corrected chi connectivity index (χ3v) is 2.77. The number of benzene rings is 1. The van der Waals surface area contributed by atoms with Gasteiger partial charge in [-0.2, -0.15) is 0 Å². The molecule has 1 N–H and O–H groups in total. The Morgan fingerprint density at radius 1 is 1.22 bits per heavy atom. The number of nitrogens with one attached hydrogen (secondary N) is 1. The van der Waals surface area contributed by atoms with Gasteiger partial charge in [0.1, 0.15) is 0 Å². The second kappa shape index (κ2) is 6.60. The lowest BCUT2D eigenvalue weighted by Crippen LogP contribution is -2.07. The van der Waals surface area contributed by atoms with Gasteiger partial charge in [-0.3, -0.25) is 4.79 Å². The lowest BCUT2D eigenvalue weighted by Gasteiger charge is -2.01. The molecule has 0 saturated carbocycles. The van der Waals surface area contributed by atoms with Gasteiger partial charge in [0.05, 0.1) is 0 Å². The van der Waals surface area contributed by atoms with Crippen molar-refractivity contribution < 1.29 is 4.79 Å². The van der Waals surface area contributed by atoms with Crippen molar-refractivity contribution in [2.75, 3.05) is 5.32 Å². The number of rotatable bonds is 3. The average Bonchev–Trinajstić information content (AvgIpc) is 2.66. The van der Waals surface area contributed by atoms with Gasteiger partial charge in [0.25, 0.3) is 0 Å². The first-order valence-electron chi connectivity index (χ1n) is 6.24. The zero-order chi connectivity index (χ0) is 12.6. The number of anilines is 1. The van der Waals surface area contributed by atoms with E-state index in [-0.39, 0.29) is 5.91 Å². The number of hydrogen-bond acceptors (Lipinski definition) is 1. The van der Waals surface area contributed by atoms with E-state index in [1.54, 1.807) is 6.08 Å². The smallest absolute Gasteiger partial charge is 0.248 e. The van der Waals surface area contributed by atoms with Gasteiger partial charge in [-0.1, -0.05) is 42.5 Å². The van der Waals surface area contributed by atoms with E-state index in [4.69, 9.17) is 0 Å². The first kappa shape index (κ1) is 12.4. The Kier molecular flexibility index (Phi) is 4.53. The van der Waals surface area contributed by atoms with Crippen molar-refractivity contribution in [3.05, 3.63) is 66.3 Å². The fraction of sp³-hybridized carbons (Fsp3) is 0.188. The molecule has 0 bridgehead atoms.